The van der Waals surface area contributed by atoms with Crippen LogP contribution >= 0.6 is 0 Å². The highest BCUT2D eigenvalue weighted by molar-refractivity contribution is 5.93. The summed E-state index contributed by atoms with van der Waals surface area (Å²) in [4.78, 5) is 18.1. The Labute approximate surface area is 68.6 Å². The molecule has 0 atom stereocenters. The normalized spacial score (nSPS) is 9.42. The first-order valence-electron chi connectivity index (χ1n) is 3.11. The number of methoxy groups -OCH3 is 1. The molecule has 0 unspecified atom stereocenters. The van der Waals surface area contributed by atoms with Crippen molar-refractivity contribution in [1.82, 2.24) is 9.97 Å². The summed E-state index contributed by atoms with van der Waals surface area (Å²) in [6.45, 7) is 0. The van der Waals surface area contributed by atoms with Gasteiger partial charge >= 0.3 is 0 Å². The Kier molecular flexibility index (Phi) is 2.09. The highest BCUT2D eigenvalue weighted by Crippen LogP contribution is 2.11. The Hall–Kier alpha value is -1.85. The van der Waals surface area contributed by atoms with Crippen LogP contribution in [0.3, 0.4) is 0 Å². The van der Waals surface area contributed by atoms with Crippen molar-refractivity contribution in [2.45, 2.75) is 0 Å². The predicted octanol–water partition coefficient (Wildman–Crippen LogP) is -0.834. The maximum Gasteiger partial charge on any atom is 0.273 e. The summed E-state index contributed by atoms with van der Waals surface area (Å²) >= 11 is 0. The van der Waals surface area contributed by atoms with E-state index >= 15 is 0 Å². The number of carbonyl (C=O) groups is 1. The summed E-state index contributed by atoms with van der Waals surface area (Å²) in [5, 5.41) is 0. The Bertz CT molecular complexity index is 312. The molecule has 1 rings (SSSR count). The Morgan fingerprint density at radius 2 is 2.33 bits per heavy atom. The highest BCUT2D eigenvalue weighted by Gasteiger charge is 2.11. The Morgan fingerprint density at radius 3 is 2.83 bits per heavy atom. The van der Waals surface area contributed by atoms with Gasteiger partial charge in [-0.25, -0.2) is 9.97 Å². The summed E-state index contributed by atoms with van der Waals surface area (Å²) in [6, 6.07) is 0. The van der Waals surface area contributed by atoms with Crippen molar-refractivity contribution in [1.29, 1.82) is 0 Å². The average Bonchev–Trinajstić information content (AvgIpc) is 2.04. The molecule has 6 nitrogen and oxygen atoms in total. The van der Waals surface area contributed by atoms with Gasteiger partial charge in [-0.15, -0.1) is 0 Å². The number of hydrogen-bond acceptors (Lipinski definition) is 5. The van der Waals surface area contributed by atoms with Crippen molar-refractivity contribution in [3.63, 3.8) is 0 Å². The van der Waals surface area contributed by atoms with Crippen LogP contribution in [0.1, 0.15) is 10.5 Å². The van der Waals surface area contributed by atoms with Crippen LogP contribution in [0.2, 0.25) is 0 Å². The summed E-state index contributed by atoms with van der Waals surface area (Å²) in [5.74, 6) is -0.507. The molecule has 0 aliphatic heterocycles. The van der Waals surface area contributed by atoms with Crippen molar-refractivity contribution in [3.05, 3.63) is 11.9 Å². The molecular formula is C6H8N4O2. The minimum Gasteiger partial charge on any atom is -0.479 e. The minimum atomic E-state index is -0.716. The van der Waals surface area contributed by atoms with Crippen LogP contribution in [-0.4, -0.2) is 23.0 Å². The quantitative estimate of drug-likeness (QED) is 0.599. The number of amides is 1. The average molecular weight is 168 g/mol. The van der Waals surface area contributed by atoms with Gasteiger partial charge in [-0.1, -0.05) is 0 Å². The Balaban J connectivity index is 3.21. The number of nitrogen functional groups attached to an aromatic ring is 1. The van der Waals surface area contributed by atoms with Gasteiger partial charge in [-0.2, -0.15) is 0 Å². The zero-order chi connectivity index (χ0) is 9.14. The molecular weight excluding hydrogens is 160 g/mol. The van der Waals surface area contributed by atoms with E-state index in [1.165, 1.54) is 13.3 Å². The third-order valence-corrected chi connectivity index (χ3v) is 1.18. The van der Waals surface area contributed by atoms with Gasteiger partial charge in [-0.05, 0) is 0 Å². The minimum absolute atomic E-state index is 0.0579. The molecule has 4 N–H and O–H groups in total. The van der Waals surface area contributed by atoms with Crippen LogP contribution in [0.15, 0.2) is 6.20 Å². The molecule has 64 valence electrons. The van der Waals surface area contributed by atoms with Gasteiger partial charge in [0.2, 0.25) is 5.88 Å². The lowest BCUT2D eigenvalue weighted by atomic mass is 10.4. The molecule has 0 aliphatic carbocycles. The van der Waals surface area contributed by atoms with Crippen LogP contribution in [0, 0.1) is 0 Å². The van der Waals surface area contributed by atoms with E-state index in [4.69, 9.17) is 16.2 Å². The SMILES string of the molecule is COc1ncc(N)nc1C(N)=O. The Morgan fingerprint density at radius 1 is 1.67 bits per heavy atom. The van der Waals surface area contributed by atoms with Gasteiger partial charge in [-0.3, -0.25) is 4.79 Å². The number of aromatic nitrogens is 2. The number of hydrogen-bond donors (Lipinski definition) is 2. The third-order valence-electron chi connectivity index (χ3n) is 1.18. The fraction of sp³-hybridized carbons (Fsp3) is 0.167. The molecule has 6 heteroatoms. The second-order valence-corrected chi connectivity index (χ2v) is 2.02. The second-order valence-electron chi connectivity index (χ2n) is 2.02. The summed E-state index contributed by atoms with van der Waals surface area (Å²) in [6.07, 6.45) is 1.28. The predicted molar refractivity (Wildman–Crippen MR) is 41.5 cm³/mol. The summed E-state index contributed by atoms with van der Waals surface area (Å²) in [7, 11) is 1.37. The van der Waals surface area contributed by atoms with Crippen LogP contribution in [0.25, 0.3) is 0 Å². The lowest BCUT2D eigenvalue weighted by molar-refractivity contribution is 0.0991. The van der Waals surface area contributed by atoms with E-state index in [9.17, 15) is 4.79 Å². The van der Waals surface area contributed by atoms with Gasteiger partial charge in [0.15, 0.2) is 5.69 Å². The standard InChI is InChI=1S/C6H8N4O2/c1-12-6-4(5(8)11)10-3(7)2-9-6/h2H,1H3,(H2,7,10)(H2,8,11). The first-order chi connectivity index (χ1) is 5.65. The van der Waals surface area contributed by atoms with Crippen molar-refractivity contribution in [2.75, 3.05) is 12.8 Å². The lowest BCUT2D eigenvalue weighted by Crippen LogP contribution is -2.16. The van der Waals surface area contributed by atoms with E-state index in [0.29, 0.717) is 0 Å². The molecule has 0 aliphatic rings. The molecule has 1 aromatic heterocycles. The molecule has 0 fully saturated rings. The van der Waals surface area contributed by atoms with Gasteiger partial charge < -0.3 is 16.2 Å². The van der Waals surface area contributed by atoms with Gasteiger partial charge in [0.05, 0.1) is 13.3 Å². The lowest BCUT2D eigenvalue weighted by Gasteiger charge is -2.02. The fourth-order valence-electron chi connectivity index (χ4n) is 0.702. The second kappa shape index (κ2) is 3.04. The van der Waals surface area contributed by atoms with E-state index in [2.05, 4.69) is 9.97 Å². The molecule has 0 spiro atoms. The number of rotatable bonds is 2. The number of ether oxygens (including phenoxy) is 1. The monoisotopic (exact) mass is 168 g/mol. The third kappa shape index (κ3) is 1.42. The number of nitrogens with two attached hydrogens (primary N) is 2. The first-order valence-corrected chi connectivity index (χ1v) is 3.11. The van der Waals surface area contributed by atoms with Gasteiger partial charge in [0.1, 0.15) is 5.82 Å². The van der Waals surface area contributed by atoms with Crippen molar-refractivity contribution in [2.24, 2.45) is 5.73 Å². The molecule has 1 heterocycles. The maximum atomic E-state index is 10.7. The maximum absolute atomic E-state index is 10.7. The van der Waals surface area contributed by atoms with Crippen molar-refractivity contribution >= 4 is 11.7 Å². The van der Waals surface area contributed by atoms with E-state index in [1.807, 2.05) is 0 Å². The zero-order valence-electron chi connectivity index (χ0n) is 6.44. The molecule has 1 aromatic rings. The van der Waals surface area contributed by atoms with Gasteiger partial charge in [0, 0.05) is 0 Å². The fourth-order valence-corrected chi connectivity index (χ4v) is 0.702. The molecule has 0 saturated heterocycles. The molecule has 1 amide bonds. The number of carbonyl (C=O) groups excluding carboxylic acids is 1. The molecule has 0 radical (unpaired) electrons. The molecule has 12 heavy (non-hydrogen) atoms. The zero-order valence-corrected chi connectivity index (χ0v) is 6.44. The molecule has 0 saturated carbocycles. The van der Waals surface area contributed by atoms with Crippen LogP contribution < -0.4 is 16.2 Å². The van der Waals surface area contributed by atoms with Crippen molar-refractivity contribution < 1.29 is 9.53 Å². The number of anilines is 1. The topological polar surface area (TPSA) is 104 Å². The van der Waals surface area contributed by atoms with Crippen LogP contribution in [0.5, 0.6) is 5.88 Å². The first kappa shape index (κ1) is 8.25. The van der Waals surface area contributed by atoms with E-state index in [0.717, 1.165) is 0 Å². The van der Waals surface area contributed by atoms with Gasteiger partial charge in [0.25, 0.3) is 5.91 Å². The van der Waals surface area contributed by atoms with E-state index in [1.54, 1.807) is 0 Å². The van der Waals surface area contributed by atoms with Crippen LogP contribution in [0.4, 0.5) is 5.82 Å². The van der Waals surface area contributed by atoms with E-state index < -0.39 is 5.91 Å². The number of primary amides is 1. The smallest absolute Gasteiger partial charge is 0.273 e. The van der Waals surface area contributed by atoms with E-state index in [-0.39, 0.29) is 17.4 Å². The summed E-state index contributed by atoms with van der Waals surface area (Å²) < 4.78 is 4.73. The van der Waals surface area contributed by atoms with Crippen LogP contribution in [-0.2, 0) is 0 Å². The largest absolute Gasteiger partial charge is 0.479 e. The van der Waals surface area contributed by atoms with Crippen molar-refractivity contribution in [3.8, 4) is 5.88 Å². The summed E-state index contributed by atoms with van der Waals surface area (Å²) in [5.41, 5.74) is 10.2. The number of nitrogens with zero attached hydrogens (tertiary/aromatic N) is 2. The highest BCUT2D eigenvalue weighted by atomic mass is 16.5. The molecule has 0 bridgehead atoms. The molecule has 0 aromatic carbocycles.